The molecule has 0 spiro atoms. The summed E-state index contributed by atoms with van der Waals surface area (Å²) in [5, 5.41) is 3.49. The molecule has 1 N–H and O–H groups in total. The summed E-state index contributed by atoms with van der Waals surface area (Å²) in [6, 6.07) is 1.18. The topological polar surface area (TPSA) is 50.3 Å². The normalized spacial score (nSPS) is 14.7. The van der Waals surface area contributed by atoms with Gasteiger partial charge in [-0.3, -0.25) is 4.98 Å². The van der Waals surface area contributed by atoms with Crippen molar-refractivity contribution in [3.05, 3.63) is 18.1 Å². The van der Waals surface area contributed by atoms with Gasteiger partial charge in [-0.15, -0.1) is 0 Å². The zero-order valence-electron chi connectivity index (χ0n) is 13.5. The van der Waals surface area contributed by atoms with Crippen LogP contribution >= 0.6 is 0 Å². The fourth-order valence-corrected chi connectivity index (χ4v) is 2.56. The highest BCUT2D eigenvalue weighted by molar-refractivity contribution is 5.38. The highest BCUT2D eigenvalue weighted by Gasteiger charge is 2.21. The van der Waals surface area contributed by atoms with Crippen molar-refractivity contribution in [2.45, 2.75) is 58.2 Å². The van der Waals surface area contributed by atoms with Crippen LogP contribution in [0.5, 0.6) is 0 Å². The fraction of sp³-hybridized carbons (Fsp3) is 0.750. The summed E-state index contributed by atoms with van der Waals surface area (Å²) in [5.41, 5.74) is 1.02. The van der Waals surface area contributed by atoms with E-state index in [0.717, 1.165) is 37.4 Å². The molecular weight excluding hydrogens is 264 g/mol. The molecule has 1 saturated carbocycles. The van der Waals surface area contributed by atoms with Gasteiger partial charge in [0, 0.05) is 38.5 Å². The van der Waals surface area contributed by atoms with Crippen LogP contribution in [0.4, 0.5) is 5.82 Å². The zero-order valence-corrected chi connectivity index (χ0v) is 13.5. The van der Waals surface area contributed by atoms with E-state index >= 15 is 0 Å². The summed E-state index contributed by atoms with van der Waals surface area (Å²) < 4.78 is 5.25. The molecule has 2 rings (SSSR count). The quantitative estimate of drug-likeness (QED) is 0.717. The Bertz CT molecular complexity index is 418. The van der Waals surface area contributed by atoms with Crippen LogP contribution < -0.4 is 10.2 Å². The van der Waals surface area contributed by atoms with Gasteiger partial charge in [-0.25, -0.2) is 4.98 Å². The molecule has 0 bridgehead atoms. The van der Waals surface area contributed by atoms with Crippen molar-refractivity contribution < 1.29 is 4.74 Å². The maximum Gasteiger partial charge on any atom is 0.147 e. The van der Waals surface area contributed by atoms with Gasteiger partial charge in [-0.1, -0.05) is 13.8 Å². The Hall–Kier alpha value is -1.20. The number of hydrogen-bond donors (Lipinski definition) is 1. The van der Waals surface area contributed by atoms with E-state index in [-0.39, 0.29) is 0 Å². The minimum atomic E-state index is 0.487. The third-order valence-electron chi connectivity index (χ3n) is 4.03. The van der Waals surface area contributed by atoms with Gasteiger partial charge < -0.3 is 15.0 Å². The highest BCUT2D eigenvalue weighted by Crippen LogP contribution is 2.20. The van der Waals surface area contributed by atoms with Crippen LogP contribution in [-0.2, 0) is 11.3 Å². The molecule has 5 heteroatoms. The number of nitrogens with one attached hydrogen (secondary N) is 1. The van der Waals surface area contributed by atoms with Gasteiger partial charge in [0.15, 0.2) is 0 Å². The van der Waals surface area contributed by atoms with Crippen molar-refractivity contribution in [3.63, 3.8) is 0 Å². The molecular formula is C16H28N4O. The van der Waals surface area contributed by atoms with Crippen LogP contribution in [0.15, 0.2) is 12.4 Å². The largest absolute Gasteiger partial charge is 0.383 e. The molecule has 0 unspecified atom stereocenters. The second-order valence-corrected chi connectivity index (χ2v) is 5.68. The third kappa shape index (κ3) is 4.93. The Kier molecular flexibility index (Phi) is 6.39. The van der Waals surface area contributed by atoms with E-state index in [4.69, 9.17) is 9.72 Å². The van der Waals surface area contributed by atoms with E-state index in [9.17, 15) is 0 Å². The molecule has 21 heavy (non-hydrogen) atoms. The average Bonchev–Trinajstić information content (AvgIpc) is 3.34. The lowest BCUT2D eigenvalue weighted by atomic mass is 10.1. The first kappa shape index (κ1) is 16.2. The third-order valence-corrected chi connectivity index (χ3v) is 4.03. The molecule has 0 amide bonds. The lowest BCUT2D eigenvalue weighted by molar-refractivity contribution is 0.202. The number of ether oxygens (including phenoxy) is 1. The van der Waals surface area contributed by atoms with Crippen LogP contribution in [0.2, 0.25) is 0 Å². The highest BCUT2D eigenvalue weighted by atomic mass is 16.5. The van der Waals surface area contributed by atoms with Crippen molar-refractivity contribution >= 4 is 5.82 Å². The molecule has 1 aromatic heterocycles. The van der Waals surface area contributed by atoms with Crippen molar-refractivity contribution in [1.29, 1.82) is 0 Å². The maximum atomic E-state index is 5.25. The Balaban J connectivity index is 2.07. The monoisotopic (exact) mass is 292 g/mol. The minimum Gasteiger partial charge on any atom is -0.383 e. The molecule has 0 atom stereocenters. The summed E-state index contributed by atoms with van der Waals surface area (Å²) in [4.78, 5) is 11.5. The Labute approximate surface area is 128 Å². The number of methoxy groups -OCH3 is 1. The van der Waals surface area contributed by atoms with E-state index in [1.54, 1.807) is 7.11 Å². The molecule has 0 radical (unpaired) electrons. The number of rotatable bonds is 10. The van der Waals surface area contributed by atoms with Gasteiger partial charge in [-0.05, 0) is 25.7 Å². The predicted molar refractivity (Wildman–Crippen MR) is 85.5 cm³/mol. The number of hydrogen-bond acceptors (Lipinski definition) is 5. The molecule has 118 valence electrons. The fourth-order valence-electron chi connectivity index (χ4n) is 2.56. The van der Waals surface area contributed by atoms with Crippen molar-refractivity contribution in [2.75, 3.05) is 25.2 Å². The van der Waals surface area contributed by atoms with E-state index < -0.39 is 0 Å². The van der Waals surface area contributed by atoms with E-state index in [1.165, 1.54) is 12.8 Å². The molecule has 1 fully saturated rings. The van der Waals surface area contributed by atoms with Gasteiger partial charge in [0.1, 0.15) is 5.82 Å². The Morgan fingerprint density at radius 3 is 2.71 bits per heavy atom. The summed E-state index contributed by atoms with van der Waals surface area (Å²) in [5.74, 6) is 0.968. The molecule has 0 saturated heterocycles. The molecule has 0 aliphatic heterocycles. The first-order chi connectivity index (χ1) is 10.3. The maximum absolute atomic E-state index is 5.25. The van der Waals surface area contributed by atoms with Crippen LogP contribution in [0, 0.1) is 0 Å². The minimum absolute atomic E-state index is 0.487. The summed E-state index contributed by atoms with van der Waals surface area (Å²) in [6.45, 7) is 6.83. The first-order valence-corrected chi connectivity index (χ1v) is 8.08. The molecule has 1 heterocycles. The molecule has 0 aromatic carbocycles. The summed E-state index contributed by atoms with van der Waals surface area (Å²) >= 11 is 0. The smallest absolute Gasteiger partial charge is 0.147 e. The second kappa shape index (κ2) is 8.29. The van der Waals surface area contributed by atoms with Crippen molar-refractivity contribution in [2.24, 2.45) is 0 Å². The van der Waals surface area contributed by atoms with Gasteiger partial charge in [-0.2, -0.15) is 0 Å². The van der Waals surface area contributed by atoms with Crippen LogP contribution in [-0.4, -0.2) is 42.3 Å². The molecule has 1 aliphatic rings. The van der Waals surface area contributed by atoms with Gasteiger partial charge in [0.2, 0.25) is 0 Å². The Morgan fingerprint density at radius 1 is 1.33 bits per heavy atom. The lowest BCUT2D eigenvalue weighted by Gasteiger charge is -2.31. The van der Waals surface area contributed by atoms with E-state index in [0.29, 0.717) is 18.7 Å². The van der Waals surface area contributed by atoms with Crippen LogP contribution in [0.3, 0.4) is 0 Å². The van der Waals surface area contributed by atoms with Crippen molar-refractivity contribution in [3.8, 4) is 0 Å². The molecule has 1 aliphatic carbocycles. The second-order valence-electron chi connectivity index (χ2n) is 5.68. The molecule has 5 nitrogen and oxygen atoms in total. The van der Waals surface area contributed by atoms with Crippen LogP contribution in [0.1, 0.15) is 45.2 Å². The molecule has 1 aromatic rings. The van der Waals surface area contributed by atoms with E-state index in [1.807, 2.05) is 12.4 Å². The number of anilines is 1. The summed E-state index contributed by atoms with van der Waals surface area (Å²) in [7, 11) is 1.74. The SMILES string of the molecule is CCC(CC)N(CCOC)c1cncc(CNC2CC2)n1. The van der Waals surface area contributed by atoms with Gasteiger partial charge in [0.25, 0.3) is 0 Å². The summed E-state index contributed by atoms with van der Waals surface area (Å²) in [6.07, 6.45) is 8.52. The zero-order chi connectivity index (χ0) is 15.1. The lowest BCUT2D eigenvalue weighted by Crippen LogP contribution is -2.38. The van der Waals surface area contributed by atoms with Gasteiger partial charge >= 0.3 is 0 Å². The number of nitrogens with zero attached hydrogens (tertiary/aromatic N) is 3. The van der Waals surface area contributed by atoms with Gasteiger partial charge in [0.05, 0.1) is 18.5 Å². The Morgan fingerprint density at radius 2 is 2.10 bits per heavy atom. The first-order valence-electron chi connectivity index (χ1n) is 8.08. The average molecular weight is 292 g/mol. The standard InChI is InChI=1S/C16H28N4O/c1-4-15(5-2)20(8-9-21-3)16-12-17-10-14(19-16)11-18-13-6-7-13/h10,12-13,15,18H,4-9,11H2,1-3H3. The van der Waals surface area contributed by atoms with Crippen LogP contribution in [0.25, 0.3) is 0 Å². The number of aromatic nitrogens is 2. The predicted octanol–water partition coefficient (Wildman–Crippen LogP) is 2.37. The van der Waals surface area contributed by atoms with Crippen molar-refractivity contribution in [1.82, 2.24) is 15.3 Å². The van der Waals surface area contributed by atoms with E-state index in [2.05, 4.69) is 29.0 Å².